The highest BCUT2D eigenvalue weighted by molar-refractivity contribution is 7.92. The zero-order valence-electron chi connectivity index (χ0n) is 11.7. The van der Waals surface area contributed by atoms with Gasteiger partial charge in [0.2, 0.25) is 5.91 Å². The van der Waals surface area contributed by atoms with Crippen molar-refractivity contribution in [3.05, 3.63) is 53.1 Å². The number of benzene rings is 2. The molecule has 0 aliphatic heterocycles. The lowest BCUT2D eigenvalue weighted by Gasteiger charge is -2.11. The van der Waals surface area contributed by atoms with Gasteiger partial charge in [0.1, 0.15) is 16.5 Å². The molecular weight excluding hydrogens is 350 g/mol. The van der Waals surface area contributed by atoms with Gasteiger partial charge in [0.25, 0.3) is 10.0 Å². The maximum absolute atomic E-state index is 13.8. The van der Waals surface area contributed by atoms with E-state index in [1.54, 1.807) is 0 Å². The Balaban J connectivity index is 2.38. The predicted molar refractivity (Wildman–Crippen MR) is 82.9 cm³/mol. The smallest absolute Gasteiger partial charge is 0.264 e. The molecule has 2 aromatic rings. The molecule has 0 aliphatic carbocycles. The van der Waals surface area contributed by atoms with Crippen molar-refractivity contribution < 1.29 is 22.0 Å². The molecule has 0 bridgehead atoms. The summed E-state index contributed by atoms with van der Waals surface area (Å²) in [4.78, 5) is 10.3. The van der Waals surface area contributed by atoms with Crippen LogP contribution in [0.4, 0.5) is 20.2 Å². The number of sulfonamides is 1. The van der Waals surface area contributed by atoms with E-state index in [-0.39, 0.29) is 10.7 Å². The van der Waals surface area contributed by atoms with Crippen LogP contribution in [0.25, 0.3) is 0 Å². The average Bonchev–Trinajstić information content (AvgIpc) is 2.41. The van der Waals surface area contributed by atoms with Crippen LogP contribution in [-0.2, 0) is 14.8 Å². The van der Waals surface area contributed by atoms with Gasteiger partial charge in [-0.05, 0) is 36.4 Å². The number of carbonyl (C=O) groups excluding carboxylic acids is 1. The first-order chi connectivity index (χ1) is 10.7. The minimum Gasteiger partial charge on any atom is -0.326 e. The highest BCUT2D eigenvalue weighted by Gasteiger charge is 2.21. The highest BCUT2D eigenvalue weighted by atomic mass is 35.5. The van der Waals surface area contributed by atoms with E-state index in [2.05, 4.69) is 5.32 Å². The molecule has 122 valence electrons. The van der Waals surface area contributed by atoms with E-state index in [9.17, 15) is 22.0 Å². The molecular formula is C14H11ClF2N2O3S. The maximum atomic E-state index is 13.8. The van der Waals surface area contributed by atoms with Crippen LogP contribution in [-0.4, -0.2) is 14.3 Å². The number of carbonyl (C=O) groups is 1. The van der Waals surface area contributed by atoms with Gasteiger partial charge in [0.05, 0.1) is 5.69 Å². The minimum absolute atomic E-state index is 0.0280. The normalized spacial score (nSPS) is 11.1. The molecule has 0 unspecified atom stereocenters. The summed E-state index contributed by atoms with van der Waals surface area (Å²) in [5.41, 5.74) is -0.237. The van der Waals surface area contributed by atoms with Crippen molar-refractivity contribution in [2.24, 2.45) is 0 Å². The first kappa shape index (κ1) is 17.2. The van der Waals surface area contributed by atoms with Crippen molar-refractivity contribution in [2.75, 3.05) is 10.0 Å². The number of rotatable bonds is 4. The molecule has 0 spiro atoms. The molecule has 0 fully saturated rings. The molecule has 0 radical (unpaired) electrons. The Kier molecular flexibility index (Phi) is 4.86. The lowest BCUT2D eigenvalue weighted by atomic mass is 10.2. The number of nitrogens with one attached hydrogen (secondary N) is 2. The fourth-order valence-electron chi connectivity index (χ4n) is 1.78. The Morgan fingerprint density at radius 1 is 1.09 bits per heavy atom. The lowest BCUT2D eigenvalue weighted by Crippen LogP contribution is -2.16. The van der Waals surface area contributed by atoms with Crippen LogP contribution in [0.3, 0.4) is 0 Å². The van der Waals surface area contributed by atoms with Gasteiger partial charge in [-0.1, -0.05) is 11.6 Å². The molecule has 23 heavy (non-hydrogen) atoms. The van der Waals surface area contributed by atoms with Crippen LogP contribution in [0, 0.1) is 11.6 Å². The summed E-state index contributed by atoms with van der Waals surface area (Å²) in [6.45, 7) is 1.25. The van der Waals surface area contributed by atoms with Crippen LogP contribution in [0.2, 0.25) is 5.02 Å². The molecule has 0 saturated carbocycles. The van der Waals surface area contributed by atoms with E-state index in [0.29, 0.717) is 0 Å². The second-order valence-electron chi connectivity index (χ2n) is 4.56. The van der Waals surface area contributed by atoms with E-state index in [4.69, 9.17) is 11.6 Å². The van der Waals surface area contributed by atoms with E-state index >= 15 is 0 Å². The quantitative estimate of drug-likeness (QED) is 0.877. The summed E-state index contributed by atoms with van der Waals surface area (Å²) in [6, 6.07) is 6.32. The molecule has 0 aliphatic rings. The van der Waals surface area contributed by atoms with Gasteiger partial charge in [-0.2, -0.15) is 0 Å². The van der Waals surface area contributed by atoms with E-state index in [1.807, 2.05) is 4.72 Å². The number of amides is 1. The molecule has 0 saturated heterocycles. The van der Waals surface area contributed by atoms with Crippen LogP contribution < -0.4 is 10.0 Å². The Morgan fingerprint density at radius 2 is 1.78 bits per heavy atom. The molecule has 5 nitrogen and oxygen atoms in total. The van der Waals surface area contributed by atoms with Gasteiger partial charge >= 0.3 is 0 Å². The second-order valence-corrected chi connectivity index (χ2v) is 6.64. The fraction of sp³-hybridized carbons (Fsp3) is 0.0714. The van der Waals surface area contributed by atoms with Crippen molar-refractivity contribution in [3.8, 4) is 0 Å². The molecule has 0 atom stereocenters. The summed E-state index contributed by atoms with van der Waals surface area (Å²) < 4.78 is 53.8. The Labute approximate surface area is 136 Å². The topological polar surface area (TPSA) is 75.3 Å². The zero-order valence-corrected chi connectivity index (χ0v) is 13.3. The number of hydrogen-bond acceptors (Lipinski definition) is 3. The first-order valence-electron chi connectivity index (χ1n) is 6.24. The van der Waals surface area contributed by atoms with E-state index < -0.39 is 38.1 Å². The van der Waals surface area contributed by atoms with Gasteiger partial charge in [-0.25, -0.2) is 17.2 Å². The summed E-state index contributed by atoms with van der Waals surface area (Å²) in [5, 5.41) is 2.41. The summed E-state index contributed by atoms with van der Waals surface area (Å²) in [6.07, 6.45) is 0. The lowest BCUT2D eigenvalue weighted by molar-refractivity contribution is -0.114. The number of hydrogen-bond donors (Lipinski definition) is 2. The van der Waals surface area contributed by atoms with E-state index in [0.717, 1.165) is 24.3 Å². The second kappa shape index (κ2) is 6.51. The number of halogens is 3. The van der Waals surface area contributed by atoms with Crippen LogP contribution in [0.15, 0.2) is 41.3 Å². The number of anilines is 2. The van der Waals surface area contributed by atoms with Gasteiger partial charge in [-0.15, -0.1) is 0 Å². The summed E-state index contributed by atoms with van der Waals surface area (Å²) in [7, 11) is -4.36. The molecule has 9 heteroatoms. The van der Waals surface area contributed by atoms with Gasteiger partial charge in [-0.3, -0.25) is 9.52 Å². The van der Waals surface area contributed by atoms with Crippen LogP contribution in [0.5, 0.6) is 0 Å². The highest BCUT2D eigenvalue weighted by Crippen LogP contribution is 2.25. The third kappa shape index (κ3) is 4.17. The van der Waals surface area contributed by atoms with Crippen LogP contribution >= 0.6 is 11.6 Å². The van der Waals surface area contributed by atoms with Crippen molar-refractivity contribution >= 4 is 38.9 Å². The van der Waals surface area contributed by atoms with Crippen molar-refractivity contribution in [1.29, 1.82) is 0 Å². The SMILES string of the molecule is CC(=O)Nc1ccc(F)c(NS(=O)(=O)c2ccc(Cl)cc2F)c1. The molecule has 2 N–H and O–H groups in total. The van der Waals surface area contributed by atoms with Gasteiger partial charge in [0.15, 0.2) is 0 Å². The maximum Gasteiger partial charge on any atom is 0.264 e. The third-order valence-electron chi connectivity index (χ3n) is 2.71. The molecule has 2 rings (SSSR count). The largest absolute Gasteiger partial charge is 0.326 e. The fourth-order valence-corrected chi connectivity index (χ4v) is 3.05. The van der Waals surface area contributed by atoms with Crippen molar-refractivity contribution in [2.45, 2.75) is 11.8 Å². The minimum atomic E-state index is -4.36. The van der Waals surface area contributed by atoms with Crippen molar-refractivity contribution in [1.82, 2.24) is 0 Å². The van der Waals surface area contributed by atoms with Gasteiger partial charge < -0.3 is 5.32 Å². The predicted octanol–water partition coefficient (Wildman–Crippen LogP) is 3.38. The van der Waals surface area contributed by atoms with Gasteiger partial charge in [0, 0.05) is 17.6 Å². The van der Waals surface area contributed by atoms with E-state index in [1.165, 1.54) is 19.1 Å². The Bertz CT molecular complexity index is 872. The Hall–Kier alpha value is -2.19. The molecule has 1 amide bonds. The summed E-state index contributed by atoms with van der Waals surface area (Å²) >= 11 is 5.57. The van der Waals surface area contributed by atoms with Crippen LogP contribution in [0.1, 0.15) is 6.92 Å². The third-order valence-corrected chi connectivity index (χ3v) is 4.35. The monoisotopic (exact) mass is 360 g/mol. The standard InChI is InChI=1S/C14H11ClF2N2O3S/c1-8(20)18-10-3-4-11(16)13(7-10)19-23(21,22)14-5-2-9(15)6-12(14)17/h2-7,19H,1H3,(H,18,20). The first-order valence-corrected chi connectivity index (χ1v) is 8.10. The average molecular weight is 361 g/mol. The molecule has 0 heterocycles. The molecule has 2 aromatic carbocycles. The summed E-state index contributed by atoms with van der Waals surface area (Å²) in [5.74, 6) is -2.35. The van der Waals surface area contributed by atoms with Crippen molar-refractivity contribution in [3.63, 3.8) is 0 Å². The zero-order chi connectivity index (χ0) is 17.2. The molecule has 0 aromatic heterocycles. The Morgan fingerprint density at radius 3 is 2.39 bits per heavy atom.